The SMILES string of the molecule is CC1(C)OB(c2ccc(C=O)nc2C=O)OC1(C)C. The quantitative estimate of drug-likeness (QED) is 0.600. The molecule has 0 unspecified atom stereocenters. The van der Waals surface area contributed by atoms with Crippen molar-refractivity contribution in [3.8, 4) is 0 Å². The molecule has 0 bridgehead atoms. The van der Waals surface area contributed by atoms with Crippen LogP contribution in [-0.2, 0) is 9.31 Å². The second-order valence-electron chi connectivity index (χ2n) is 5.53. The van der Waals surface area contributed by atoms with Crippen molar-refractivity contribution in [3.63, 3.8) is 0 Å². The fraction of sp³-hybridized carbons (Fsp3) is 0.462. The van der Waals surface area contributed by atoms with Gasteiger partial charge in [0.2, 0.25) is 0 Å². The lowest BCUT2D eigenvalue weighted by molar-refractivity contribution is 0.00578. The highest BCUT2D eigenvalue weighted by atomic mass is 16.7. The molecular formula is C13H16BNO4. The molecule has 1 saturated heterocycles. The second-order valence-corrected chi connectivity index (χ2v) is 5.53. The zero-order valence-electron chi connectivity index (χ0n) is 11.5. The Bertz CT molecular complexity index is 511. The van der Waals surface area contributed by atoms with Gasteiger partial charge in [0.15, 0.2) is 12.6 Å². The first-order valence-electron chi connectivity index (χ1n) is 6.07. The van der Waals surface area contributed by atoms with Crippen molar-refractivity contribution >= 4 is 25.2 Å². The van der Waals surface area contributed by atoms with Crippen LogP contribution in [0.4, 0.5) is 0 Å². The van der Waals surface area contributed by atoms with Crippen molar-refractivity contribution in [1.82, 2.24) is 4.98 Å². The Labute approximate surface area is 112 Å². The van der Waals surface area contributed by atoms with Crippen LogP contribution in [0.3, 0.4) is 0 Å². The summed E-state index contributed by atoms with van der Waals surface area (Å²) in [5, 5.41) is 0. The molecule has 0 spiro atoms. The highest BCUT2D eigenvalue weighted by Crippen LogP contribution is 2.36. The van der Waals surface area contributed by atoms with E-state index < -0.39 is 18.3 Å². The lowest BCUT2D eigenvalue weighted by Gasteiger charge is -2.32. The Morgan fingerprint density at radius 3 is 2.11 bits per heavy atom. The number of hydrogen-bond donors (Lipinski definition) is 0. The van der Waals surface area contributed by atoms with E-state index in [9.17, 15) is 9.59 Å². The fourth-order valence-electron chi connectivity index (χ4n) is 1.83. The summed E-state index contributed by atoms with van der Waals surface area (Å²) in [7, 11) is -0.654. The third kappa shape index (κ3) is 2.33. The van der Waals surface area contributed by atoms with E-state index in [2.05, 4.69) is 4.98 Å². The topological polar surface area (TPSA) is 65.5 Å². The molecule has 0 atom stereocenters. The van der Waals surface area contributed by atoms with Gasteiger partial charge < -0.3 is 9.31 Å². The molecule has 0 saturated carbocycles. The third-order valence-electron chi connectivity index (χ3n) is 3.72. The molecule has 1 aromatic rings. The average molecular weight is 261 g/mol. The van der Waals surface area contributed by atoms with Gasteiger partial charge in [0, 0.05) is 5.46 Å². The predicted molar refractivity (Wildman–Crippen MR) is 70.7 cm³/mol. The minimum absolute atomic E-state index is 0.170. The van der Waals surface area contributed by atoms with E-state index in [1.165, 1.54) is 0 Å². The van der Waals surface area contributed by atoms with Gasteiger partial charge in [0.05, 0.1) is 11.2 Å². The van der Waals surface area contributed by atoms with Crippen LogP contribution in [0.5, 0.6) is 0 Å². The molecule has 1 fully saturated rings. The minimum atomic E-state index is -0.654. The number of aldehydes is 2. The van der Waals surface area contributed by atoms with Gasteiger partial charge in [-0.1, -0.05) is 6.07 Å². The van der Waals surface area contributed by atoms with E-state index in [-0.39, 0.29) is 11.4 Å². The first-order valence-corrected chi connectivity index (χ1v) is 6.07. The van der Waals surface area contributed by atoms with Crippen LogP contribution in [0.15, 0.2) is 12.1 Å². The molecule has 1 aliphatic rings. The van der Waals surface area contributed by atoms with Gasteiger partial charge in [-0.15, -0.1) is 0 Å². The molecule has 0 radical (unpaired) electrons. The van der Waals surface area contributed by atoms with Crippen molar-refractivity contribution in [1.29, 1.82) is 0 Å². The molecule has 1 aromatic heterocycles. The van der Waals surface area contributed by atoms with Crippen molar-refractivity contribution in [3.05, 3.63) is 23.5 Å². The molecule has 0 aliphatic carbocycles. The largest absolute Gasteiger partial charge is 0.497 e. The summed E-state index contributed by atoms with van der Waals surface area (Å²) in [5.41, 5.74) is -0.0489. The molecule has 2 heterocycles. The van der Waals surface area contributed by atoms with Crippen LogP contribution < -0.4 is 5.46 Å². The summed E-state index contributed by atoms with van der Waals surface area (Å²) in [6, 6.07) is 3.18. The molecular weight excluding hydrogens is 245 g/mol. The van der Waals surface area contributed by atoms with Crippen LogP contribution in [-0.4, -0.2) is 35.9 Å². The number of hydrogen-bond acceptors (Lipinski definition) is 5. The number of pyridine rings is 1. The summed E-state index contributed by atoms with van der Waals surface area (Å²) in [6.45, 7) is 7.73. The molecule has 0 aromatic carbocycles. The molecule has 0 amide bonds. The standard InChI is InChI=1S/C13H16BNO4/c1-12(2)13(3,4)19-14(18-12)10-6-5-9(7-16)15-11(10)8-17/h5-8H,1-4H3. The third-order valence-corrected chi connectivity index (χ3v) is 3.72. The van der Waals surface area contributed by atoms with Crippen LogP contribution in [0.1, 0.15) is 48.7 Å². The Balaban J connectivity index is 2.39. The molecule has 0 N–H and O–H groups in total. The maximum atomic E-state index is 11.1. The number of rotatable bonds is 3. The van der Waals surface area contributed by atoms with E-state index in [0.29, 0.717) is 18.0 Å². The number of carbonyl (C=O) groups excluding carboxylic acids is 2. The highest BCUT2D eigenvalue weighted by Gasteiger charge is 2.52. The Kier molecular flexibility index (Phi) is 3.32. The molecule has 19 heavy (non-hydrogen) atoms. The monoisotopic (exact) mass is 261 g/mol. The molecule has 5 nitrogen and oxygen atoms in total. The van der Waals surface area contributed by atoms with Crippen molar-refractivity contribution in [2.75, 3.05) is 0 Å². The lowest BCUT2D eigenvalue weighted by atomic mass is 9.78. The van der Waals surface area contributed by atoms with Gasteiger partial charge in [-0.25, -0.2) is 4.98 Å². The summed E-state index contributed by atoms with van der Waals surface area (Å²) in [6.07, 6.45) is 1.20. The van der Waals surface area contributed by atoms with Gasteiger partial charge in [0.25, 0.3) is 0 Å². The number of nitrogens with zero attached hydrogens (tertiary/aromatic N) is 1. The summed E-state index contributed by atoms with van der Waals surface area (Å²) in [4.78, 5) is 25.7. The smallest absolute Gasteiger partial charge is 0.399 e. The number of aromatic nitrogens is 1. The van der Waals surface area contributed by atoms with E-state index in [1.807, 2.05) is 27.7 Å². The molecule has 1 aliphatic heterocycles. The maximum absolute atomic E-state index is 11.1. The Hall–Kier alpha value is -1.53. The average Bonchev–Trinajstić information content (AvgIpc) is 2.57. The normalized spacial score (nSPS) is 20.3. The Morgan fingerprint density at radius 1 is 1.05 bits per heavy atom. The van der Waals surface area contributed by atoms with Gasteiger partial charge in [0.1, 0.15) is 11.4 Å². The second kappa shape index (κ2) is 4.54. The molecule has 6 heteroatoms. The number of carbonyl (C=O) groups is 2. The van der Waals surface area contributed by atoms with Crippen molar-refractivity contribution in [2.24, 2.45) is 0 Å². The first kappa shape index (κ1) is 13.9. The predicted octanol–water partition coefficient (Wildman–Crippen LogP) is 1.01. The van der Waals surface area contributed by atoms with Gasteiger partial charge >= 0.3 is 7.12 Å². The Morgan fingerprint density at radius 2 is 1.63 bits per heavy atom. The minimum Gasteiger partial charge on any atom is -0.399 e. The van der Waals surface area contributed by atoms with Crippen molar-refractivity contribution in [2.45, 2.75) is 38.9 Å². The van der Waals surface area contributed by atoms with Crippen LogP contribution in [0.25, 0.3) is 0 Å². The zero-order chi connectivity index (χ0) is 14.3. The van der Waals surface area contributed by atoms with Gasteiger partial charge in [-0.3, -0.25) is 9.59 Å². The maximum Gasteiger partial charge on any atom is 0.497 e. The van der Waals surface area contributed by atoms with Crippen molar-refractivity contribution < 1.29 is 18.9 Å². The highest BCUT2D eigenvalue weighted by molar-refractivity contribution is 6.63. The summed E-state index contributed by atoms with van der Waals surface area (Å²) >= 11 is 0. The molecule has 100 valence electrons. The lowest BCUT2D eigenvalue weighted by Crippen LogP contribution is -2.41. The van der Waals surface area contributed by atoms with Gasteiger partial charge in [-0.05, 0) is 33.8 Å². The molecule has 2 rings (SSSR count). The van der Waals surface area contributed by atoms with Crippen LogP contribution in [0.2, 0.25) is 0 Å². The fourth-order valence-corrected chi connectivity index (χ4v) is 1.83. The van der Waals surface area contributed by atoms with E-state index in [0.717, 1.165) is 0 Å². The first-order chi connectivity index (χ1) is 8.80. The van der Waals surface area contributed by atoms with Gasteiger partial charge in [-0.2, -0.15) is 0 Å². The van der Waals surface area contributed by atoms with E-state index >= 15 is 0 Å². The van der Waals surface area contributed by atoms with Crippen LogP contribution in [0, 0.1) is 0 Å². The summed E-state index contributed by atoms with van der Waals surface area (Å²) in [5.74, 6) is 0. The van der Waals surface area contributed by atoms with E-state index in [4.69, 9.17) is 9.31 Å². The van der Waals surface area contributed by atoms with E-state index in [1.54, 1.807) is 12.1 Å². The zero-order valence-corrected chi connectivity index (χ0v) is 11.5. The van der Waals surface area contributed by atoms with Crippen LogP contribution >= 0.6 is 0 Å². The summed E-state index contributed by atoms with van der Waals surface area (Å²) < 4.78 is 11.7.